The molecule has 0 aliphatic heterocycles. The van der Waals surface area contributed by atoms with E-state index >= 15 is 0 Å². The average Bonchev–Trinajstić information content (AvgIpc) is 3.02. The van der Waals surface area contributed by atoms with Crippen molar-refractivity contribution in [2.75, 3.05) is 39.6 Å². The van der Waals surface area contributed by atoms with Gasteiger partial charge in [-0.2, -0.15) is 0 Å². The Kier molecular flexibility index (Phi) is 37.8. The smallest absolute Gasteiger partial charge is 0.104 e. The van der Waals surface area contributed by atoms with Crippen LogP contribution in [0.15, 0.2) is 0 Å². The molecule has 0 amide bonds. The zero-order valence-electron chi connectivity index (χ0n) is 29.3. The molecular formula is C38H78O5. The topological polar surface area (TPSA) is 68.2 Å². The van der Waals surface area contributed by atoms with Crippen LogP contribution in [0.3, 0.4) is 0 Å². The van der Waals surface area contributed by atoms with Gasteiger partial charge in [0.05, 0.1) is 26.4 Å². The normalized spacial score (nSPS) is 13.1. The summed E-state index contributed by atoms with van der Waals surface area (Å²) in [5.41, 5.74) is 0. The molecule has 0 radical (unpaired) electrons. The Hall–Kier alpha value is -0.200. The van der Waals surface area contributed by atoms with Gasteiger partial charge in [0.15, 0.2) is 0 Å². The van der Waals surface area contributed by atoms with Crippen LogP contribution in [0.25, 0.3) is 0 Å². The number of rotatable bonds is 38. The lowest BCUT2D eigenvalue weighted by Gasteiger charge is -2.19. The van der Waals surface area contributed by atoms with E-state index in [-0.39, 0.29) is 25.4 Å². The van der Waals surface area contributed by atoms with E-state index in [2.05, 4.69) is 13.8 Å². The van der Waals surface area contributed by atoms with E-state index in [0.717, 1.165) is 12.8 Å². The standard InChI is InChI=1S/C38H78O5/c1-3-5-7-9-11-13-15-17-19-21-23-25-27-29-31-42-37(33-39)35-41-36-38(34-40)43-32-30-28-26-24-22-20-18-16-14-12-10-8-6-4-2/h37-40H,3-36H2,1-2H3. The first kappa shape index (κ1) is 42.8. The lowest BCUT2D eigenvalue weighted by atomic mass is 10.0. The Bertz CT molecular complexity index is 447. The Morgan fingerprint density at radius 3 is 0.814 bits per heavy atom. The van der Waals surface area contributed by atoms with E-state index in [1.165, 1.54) is 167 Å². The second kappa shape index (κ2) is 38.0. The van der Waals surface area contributed by atoms with E-state index in [1.807, 2.05) is 0 Å². The summed E-state index contributed by atoms with van der Waals surface area (Å²) >= 11 is 0. The van der Waals surface area contributed by atoms with Crippen molar-refractivity contribution in [2.24, 2.45) is 0 Å². The first-order valence-corrected chi connectivity index (χ1v) is 19.3. The van der Waals surface area contributed by atoms with Crippen molar-refractivity contribution in [1.82, 2.24) is 0 Å². The quantitative estimate of drug-likeness (QED) is 0.0677. The van der Waals surface area contributed by atoms with E-state index in [0.29, 0.717) is 26.4 Å². The predicted molar refractivity (Wildman–Crippen MR) is 185 cm³/mol. The molecule has 2 N–H and O–H groups in total. The van der Waals surface area contributed by atoms with Gasteiger partial charge in [-0.05, 0) is 12.8 Å². The van der Waals surface area contributed by atoms with E-state index in [9.17, 15) is 10.2 Å². The van der Waals surface area contributed by atoms with Gasteiger partial charge in [-0.3, -0.25) is 0 Å². The molecule has 0 spiro atoms. The third kappa shape index (κ3) is 34.5. The zero-order valence-corrected chi connectivity index (χ0v) is 29.3. The van der Waals surface area contributed by atoms with Gasteiger partial charge < -0.3 is 24.4 Å². The number of hydrogen-bond donors (Lipinski definition) is 2. The van der Waals surface area contributed by atoms with Crippen LogP contribution in [0, 0.1) is 0 Å². The maximum atomic E-state index is 9.63. The van der Waals surface area contributed by atoms with Crippen LogP contribution in [0.1, 0.15) is 194 Å². The first-order chi connectivity index (χ1) is 21.3. The second-order valence-electron chi connectivity index (χ2n) is 13.1. The molecule has 0 aliphatic carbocycles. The Morgan fingerprint density at radius 2 is 0.581 bits per heavy atom. The van der Waals surface area contributed by atoms with Crippen LogP contribution in [0.2, 0.25) is 0 Å². The van der Waals surface area contributed by atoms with Gasteiger partial charge in [0.25, 0.3) is 0 Å². The minimum absolute atomic E-state index is 0.0394. The summed E-state index contributed by atoms with van der Waals surface area (Å²) in [6.07, 6.45) is 37.0. The lowest BCUT2D eigenvalue weighted by Crippen LogP contribution is -2.30. The Balaban J connectivity index is 3.47. The number of hydrogen-bond acceptors (Lipinski definition) is 5. The molecule has 5 heteroatoms. The summed E-state index contributed by atoms with van der Waals surface area (Å²) in [4.78, 5) is 0. The fourth-order valence-corrected chi connectivity index (χ4v) is 5.73. The SMILES string of the molecule is CCCCCCCCCCCCCCCCOC(CO)COCC(CO)OCCCCCCCCCCCCCCCC. The molecule has 0 aromatic heterocycles. The number of aliphatic hydroxyl groups is 2. The average molecular weight is 615 g/mol. The third-order valence-corrected chi connectivity index (χ3v) is 8.72. The Morgan fingerprint density at radius 1 is 0.349 bits per heavy atom. The molecule has 0 rings (SSSR count). The largest absolute Gasteiger partial charge is 0.394 e. The van der Waals surface area contributed by atoms with Crippen molar-refractivity contribution in [2.45, 2.75) is 206 Å². The van der Waals surface area contributed by atoms with Gasteiger partial charge in [0, 0.05) is 13.2 Å². The van der Waals surface area contributed by atoms with E-state index in [1.54, 1.807) is 0 Å². The van der Waals surface area contributed by atoms with Crippen LogP contribution in [0.5, 0.6) is 0 Å². The van der Waals surface area contributed by atoms with Crippen molar-refractivity contribution in [3.8, 4) is 0 Å². The summed E-state index contributed by atoms with van der Waals surface area (Å²) in [5.74, 6) is 0. The fourth-order valence-electron chi connectivity index (χ4n) is 5.73. The van der Waals surface area contributed by atoms with Crippen molar-refractivity contribution >= 4 is 0 Å². The van der Waals surface area contributed by atoms with Gasteiger partial charge in [0.2, 0.25) is 0 Å². The van der Waals surface area contributed by atoms with E-state index < -0.39 is 0 Å². The number of ether oxygens (including phenoxy) is 3. The summed E-state index contributed by atoms with van der Waals surface area (Å²) in [6, 6.07) is 0. The van der Waals surface area contributed by atoms with Gasteiger partial charge >= 0.3 is 0 Å². The molecule has 43 heavy (non-hydrogen) atoms. The molecular weight excluding hydrogens is 536 g/mol. The molecule has 0 heterocycles. The minimum atomic E-state index is -0.299. The molecule has 0 saturated heterocycles. The zero-order chi connectivity index (χ0) is 31.3. The van der Waals surface area contributed by atoms with Gasteiger partial charge in [-0.25, -0.2) is 0 Å². The maximum absolute atomic E-state index is 9.63. The summed E-state index contributed by atoms with van der Waals surface area (Å²) in [5, 5.41) is 19.3. The highest BCUT2D eigenvalue weighted by atomic mass is 16.6. The predicted octanol–water partition coefficient (Wildman–Crippen LogP) is 10.7. The van der Waals surface area contributed by atoms with Crippen molar-refractivity contribution in [3.05, 3.63) is 0 Å². The Labute approximate surface area is 269 Å². The van der Waals surface area contributed by atoms with Crippen molar-refractivity contribution in [1.29, 1.82) is 0 Å². The summed E-state index contributed by atoms with van der Waals surface area (Å²) in [6.45, 7) is 6.51. The van der Waals surface area contributed by atoms with Crippen LogP contribution >= 0.6 is 0 Å². The van der Waals surface area contributed by atoms with E-state index in [4.69, 9.17) is 14.2 Å². The highest BCUT2D eigenvalue weighted by Gasteiger charge is 2.12. The first-order valence-electron chi connectivity index (χ1n) is 19.3. The maximum Gasteiger partial charge on any atom is 0.104 e. The molecule has 0 bridgehead atoms. The molecule has 0 aromatic carbocycles. The highest BCUT2D eigenvalue weighted by Crippen LogP contribution is 2.14. The third-order valence-electron chi connectivity index (χ3n) is 8.72. The highest BCUT2D eigenvalue weighted by molar-refractivity contribution is 4.59. The van der Waals surface area contributed by atoms with Crippen molar-refractivity contribution in [3.63, 3.8) is 0 Å². The molecule has 0 aromatic rings. The van der Waals surface area contributed by atoms with Crippen LogP contribution in [-0.2, 0) is 14.2 Å². The minimum Gasteiger partial charge on any atom is -0.394 e. The van der Waals surface area contributed by atoms with Crippen LogP contribution in [-0.4, -0.2) is 62.1 Å². The molecule has 0 aliphatic rings. The second-order valence-corrected chi connectivity index (χ2v) is 13.1. The van der Waals surface area contributed by atoms with Gasteiger partial charge in [-0.15, -0.1) is 0 Å². The van der Waals surface area contributed by atoms with Gasteiger partial charge in [0.1, 0.15) is 12.2 Å². The number of unbranched alkanes of at least 4 members (excludes halogenated alkanes) is 26. The number of aliphatic hydroxyl groups excluding tert-OH is 2. The lowest BCUT2D eigenvalue weighted by molar-refractivity contribution is -0.0814. The fraction of sp³-hybridized carbons (Fsp3) is 1.00. The molecule has 0 fully saturated rings. The summed E-state index contributed by atoms with van der Waals surface area (Å²) in [7, 11) is 0. The molecule has 2 atom stereocenters. The molecule has 5 nitrogen and oxygen atoms in total. The summed E-state index contributed by atoms with van der Waals surface area (Å²) < 4.78 is 17.4. The van der Waals surface area contributed by atoms with Crippen LogP contribution < -0.4 is 0 Å². The molecule has 260 valence electrons. The monoisotopic (exact) mass is 615 g/mol. The molecule has 0 saturated carbocycles. The van der Waals surface area contributed by atoms with Gasteiger partial charge in [-0.1, -0.05) is 181 Å². The molecule has 2 unspecified atom stereocenters. The van der Waals surface area contributed by atoms with Crippen molar-refractivity contribution < 1.29 is 24.4 Å². The van der Waals surface area contributed by atoms with Crippen LogP contribution in [0.4, 0.5) is 0 Å².